The van der Waals surface area contributed by atoms with Crippen molar-refractivity contribution in [1.29, 1.82) is 0 Å². The van der Waals surface area contributed by atoms with Crippen molar-refractivity contribution >= 4 is 21.6 Å². The molecule has 0 saturated carbocycles. The number of hydrogen-bond donors (Lipinski definition) is 1. The van der Waals surface area contributed by atoms with Gasteiger partial charge in [0.05, 0.1) is 30.8 Å². The second-order valence-corrected chi connectivity index (χ2v) is 9.42. The van der Waals surface area contributed by atoms with Crippen molar-refractivity contribution in [2.24, 2.45) is 0 Å². The zero-order chi connectivity index (χ0) is 24.0. The second kappa shape index (κ2) is 10.4. The van der Waals surface area contributed by atoms with Crippen LogP contribution in [0.15, 0.2) is 77.7 Å². The van der Waals surface area contributed by atoms with Gasteiger partial charge in [0.1, 0.15) is 18.0 Å². The predicted molar refractivity (Wildman–Crippen MR) is 128 cm³/mol. The molecule has 0 saturated heterocycles. The maximum absolute atomic E-state index is 13.4. The van der Waals surface area contributed by atoms with E-state index >= 15 is 0 Å². The smallest absolute Gasteiger partial charge is 0.264 e. The average Bonchev–Trinajstić information content (AvgIpc) is 2.82. The van der Waals surface area contributed by atoms with Crippen LogP contribution >= 0.6 is 0 Å². The lowest BCUT2D eigenvalue weighted by Gasteiger charge is -2.25. The van der Waals surface area contributed by atoms with E-state index in [9.17, 15) is 13.2 Å². The van der Waals surface area contributed by atoms with Crippen molar-refractivity contribution in [2.45, 2.75) is 24.8 Å². The van der Waals surface area contributed by atoms with E-state index in [1.165, 1.54) is 12.1 Å². The number of benzene rings is 3. The summed E-state index contributed by atoms with van der Waals surface area (Å²) in [5.41, 5.74) is 2.02. The van der Waals surface area contributed by atoms with Crippen LogP contribution in [0.3, 0.4) is 0 Å². The van der Waals surface area contributed by atoms with Crippen LogP contribution in [0.1, 0.15) is 24.1 Å². The van der Waals surface area contributed by atoms with Crippen LogP contribution in [-0.2, 0) is 14.8 Å². The first-order chi connectivity index (χ1) is 15.8. The zero-order valence-electron chi connectivity index (χ0n) is 19.1. The molecule has 0 fully saturated rings. The summed E-state index contributed by atoms with van der Waals surface area (Å²) in [5.74, 6) is 0.768. The van der Waals surface area contributed by atoms with E-state index in [0.717, 1.165) is 15.4 Å². The van der Waals surface area contributed by atoms with Gasteiger partial charge in [0.25, 0.3) is 10.0 Å². The summed E-state index contributed by atoms with van der Waals surface area (Å²) >= 11 is 0. The van der Waals surface area contributed by atoms with E-state index in [1.54, 1.807) is 75.7 Å². The molecule has 1 N–H and O–H groups in total. The molecule has 0 unspecified atom stereocenters. The molecule has 33 heavy (non-hydrogen) atoms. The number of carbonyl (C=O) groups excluding carboxylic acids is 1. The van der Waals surface area contributed by atoms with Crippen molar-refractivity contribution in [2.75, 3.05) is 25.1 Å². The molecule has 174 valence electrons. The topological polar surface area (TPSA) is 84.9 Å². The minimum absolute atomic E-state index is 0.113. The normalized spacial score (nSPS) is 12.0. The van der Waals surface area contributed by atoms with Crippen LogP contribution in [-0.4, -0.2) is 35.1 Å². The number of carbonyl (C=O) groups is 1. The lowest BCUT2D eigenvalue weighted by atomic mass is 10.1. The van der Waals surface area contributed by atoms with Crippen molar-refractivity contribution in [3.8, 4) is 11.5 Å². The Labute approximate surface area is 195 Å². The van der Waals surface area contributed by atoms with Gasteiger partial charge >= 0.3 is 0 Å². The monoisotopic (exact) mass is 468 g/mol. The van der Waals surface area contributed by atoms with E-state index in [4.69, 9.17) is 9.47 Å². The zero-order valence-corrected chi connectivity index (χ0v) is 19.9. The van der Waals surface area contributed by atoms with Crippen LogP contribution in [0.5, 0.6) is 11.5 Å². The highest BCUT2D eigenvalue weighted by molar-refractivity contribution is 7.92. The molecule has 0 bridgehead atoms. The minimum atomic E-state index is -3.96. The molecule has 0 aliphatic carbocycles. The maximum Gasteiger partial charge on any atom is 0.264 e. The van der Waals surface area contributed by atoms with Crippen LogP contribution in [0, 0.1) is 6.92 Å². The van der Waals surface area contributed by atoms with Gasteiger partial charge in [-0.1, -0.05) is 30.3 Å². The first kappa shape index (κ1) is 24.1. The van der Waals surface area contributed by atoms with Gasteiger partial charge in [-0.3, -0.25) is 9.10 Å². The van der Waals surface area contributed by atoms with Crippen LogP contribution in [0.25, 0.3) is 0 Å². The Morgan fingerprint density at radius 3 is 2.33 bits per heavy atom. The SMILES string of the molecule is COc1ccc(OC)c([C@@H](C)NC(=O)CN(c2cccc(C)c2)S(=O)(=O)c2ccccc2)c1. The number of hydrogen-bond acceptors (Lipinski definition) is 5. The summed E-state index contributed by atoms with van der Waals surface area (Å²) in [4.78, 5) is 13.2. The van der Waals surface area contributed by atoms with E-state index in [-0.39, 0.29) is 11.4 Å². The lowest BCUT2D eigenvalue weighted by Crippen LogP contribution is -2.41. The predicted octanol–water partition coefficient (Wildman–Crippen LogP) is 4.08. The number of amides is 1. The fourth-order valence-corrected chi connectivity index (χ4v) is 4.92. The van der Waals surface area contributed by atoms with Gasteiger partial charge in [-0.25, -0.2) is 8.42 Å². The lowest BCUT2D eigenvalue weighted by molar-refractivity contribution is -0.120. The fraction of sp³-hybridized carbons (Fsp3) is 0.240. The molecule has 8 heteroatoms. The Kier molecular flexibility index (Phi) is 7.60. The van der Waals surface area contributed by atoms with Crippen molar-refractivity contribution in [3.05, 3.63) is 83.9 Å². The standard InChI is InChI=1S/C25H28N2O5S/c1-18-9-8-10-20(15-18)27(33(29,30)22-11-6-5-7-12-22)17-25(28)26-19(2)23-16-21(31-3)13-14-24(23)32-4/h5-16,19H,17H2,1-4H3,(H,26,28)/t19-/m1/s1. The number of nitrogens with zero attached hydrogens (tertiary/aromatic N) is 1. The van der Waals surface area contributed by atoms with Gasteiger partial charge in [-0.15, -0.1) is 0 Å². The Bertz CT molecular complexity index is 1210. The minimum Gasteiger partial charge on any atom is -0.497 e. The number of methoxy groups -OCH3 is 2. The molecule has 3 aromatic rings. The molecular formula is C25H28N2O5S. The fourth-order valence-electron chi connectivity index (χ4n) is 3.49. The molecule has 0 heterocycles. The van der Waals surface area contributed by atoms with Gasteiger partial charge < -0.3 is 14.8 Å². The Morgan fingerprint density at radius 1 is 0.970 bits per heavy atom. The molecule has 0 radical (unpaired) electrons. The molecular weight excluding hydrogens is 440 g/mol. The van der Waals surface area contributed by atoms with Crippen LogP contribution in [0.4, 0.5) is 5.69 Å². The molecule has 0 spiro atoms. The molecule has 3 rings (SSSR count). The van der Waals surface area contributed by atoms with Gasteiger partial charge in [-0.2, -0.15) is 0 Å². The Balaban J connectivity index is 1.90. The number of nitrogens with one attached hydrogen (secondary N) is 1. The number of aryl methyl sites for hydroxylation is 1. The van der Waals surface area contributed by atoms with Crippen molar-refractivity contribution in [3.63, 3.8) is 0 Å². The average molecular weight is 469 g/mol. The maximum atomic E-state index is 13.4. The Hall–Kier alpha value is -3.52. The molecule has 7 nitrogen and oxygen atoms in total. The third kappa shape index (κ3) is 5.64. The summed E-state index contributed by atoms with van der Waals surface area (Å²) in [7, 11) is -0.856. The third-order valence-electron chi connectivity index (χ3n) is 5.19. The number of rotatable bonds is 9. The van der Waals surface area contributed by atoms with Crippen LogP contribution in [0.2, 0.25) is 0 Å². The largest absolute Gasteiger partial charge is 0.497 e. The molecule has 0 aliphatic rings. The van der Waals surface area contributed by atoms with Gasteiger partial charge in [-0.05, 0) is 61.9 Å². The molecule has 1 amide bonds. The molecule has 0 aliphatic heterocycles. The van der Waals surface area contributed by atoms with Crippen LogP contribution < -0.4 is 19.1 Å². The highest BCUT2D eigenvalue weighted by Gasteiger charge is 2.28. The number of ether oxygens (including phenoxy) is 2. The Morgan fingerprint density at radius 2 is 1.70 bits per heavy atom. The second-order valence-electron chi connectivity index (χ2n) is 7.56. The highest BCUT2D eigenvalue weighted by atomic mass is 32.2. The van der Waals surface area contributed by atoms with E-state index in [0.29, 0.717) is 17.2 Å². The summed E-state index contributed by atoms with van der Waals surface area (Å²) in [5, 5.41) is 2.88. The van der Waals surface area contributed by atoms with E-state index in [2.05, 4.69) is 5.32 Å². The summed E-state index contributed by atoms with van der Waals surface area (Å²) < 4.78 is 38.7. The van der Waals surface area contributed by atoms with Gasteiger partial charge in [0.2, 0.25) is 5.91 Å². The summed E-state index contributed by atoms with van der Waals surface area (Å²) in [6, 6.07) is 20.0. The van der Waals surface area contributed by atoms with E-state index in [1.807, 2.05) is 13.0 Å². The highest BCUT2D eigenvalue weighted by Crippen LogP contribution is 2.29. The summed E-state index contributed by atoms with van der Waals surface area (Å²) in [6.45, 7) is 3.29. The first-order valence-electron chi connectivity index (χ1n) is 10.4. The van der Waals surface area contributed by atoms with Crippen molar-refractivity contribution < 1.29 is 22.7 Å². The summed E-state index contributed by atoms with van der Waals surface area (Å²) in [6.07, 6.45) is 0. The number of sulfonamides is 1. The van der Waals surface area contributed by atoms with Gasteiger partial charge in [0, 0.05) is 5.56 Å². The molecule has 3 aromatic carbocycles. The van der Waals surface area contributed by atoms with Gasteiger partial charge in [0.15, 0.2) is 0 Å². The van der Waals surface area contributed by atoms with Crippen molar-refractivity contribution in [1.82, 2.24) is 5.32 Å². The first-order valence-corrected chi connectivity index (χ1v) is 11.9. The molecule has 0 aromatic heterocycles. The number of anilines is 1. The van der Waals surface area contributed by atoms with E-state index < -0.39 is 22.0 Å². The third-order valence-corrected chi connectivity index (χ3v) is 6.98. The quantitative estimate of drug-likeness (QED) is 0.511. The molecule has 1 atom stereocenters.